The van der Waals surface area contributed by atoms with E-state index in [1.165, 1.54) is 20.8 Å². The molecule has 1 unspecified atom stereocenters. The van der Waals surface area contributed by atoms with Gasteiger partial charge in [-0.05, 0) is 81.0 Å². The minimum Gasteiger partial charge on any atom is -0.338 e. The zero-order valence-corrected chi connectivity index (χ0v) is 21.0. The second-order valence-electron chi connectivity index (χ2n) is 9.57. The Kier molecular flexibility index (Phi) is 6.47. The van der Waals surface area contributed by atoms with Gasteiger partial charge in [0, 0.05) is 17.5 Å². The third-order valence-corrected chi connectivity index (χ3v) is 8.87. The van der Waals surface area contributed by atoms with Gasteiger partial charge in [-0.15, -0.1) is 11.3 Å². The third-order valence-electron chi connectivity index (χ3n) is 7.55. The molecule has 6 nitrogen and oxygen atoms in total. The minimum absolute atomic E-state index is 0.0153. The molecule has 0 N–H and O–H groups in total. The number of hydrogen-bond acceptors (Lipinski definition) is 4. The van der Waals surface area contributed by atoms with Crippen molar-refractivity contribution >= 4 is 27.5 Å². The lowest BCUT2D eigenvalue weighted by Crippen LogP contribution is -2.47. The van der Waals surface area contributed by atoms with Crippen LogP contribution in [0.5, 0.6) is 0 Å². The van der Waals surface area contributed by atoms with Crippen molar-refractivity contribution in [2.45, 2.75) is 84.2 Å². The lowest BCUT2D eigenvalue weighted by atomic mass is 9.97. The summed E-state index contributed by atoms with van der Waals surface area (Å²) in [6.07, 6.45) is 8.91. The minimum atomic E-state index is -0.418. The van der Waals surface area contributed by atoms with E-state index in [-0.39, 0.29) is 24.1 Å². The van der Waals surface area contributed by atoms with E-state index < -0.39 is 5.69 Å². The summed E-state index contributed by atoms with van der Waals surface area (Å²) in [5.41, 5.74) is 2.13. The van der Waals surface area contributed by atoms with Gasteiger partial charge in [-0.3, -0.25) is 14.2 Å². The number of hydrogen-bond donors (Lipinski definition) is 0. The van der Waals surface area contributed by atoms with Crippen molar-refractivity contribution in [3.8, 4) is 5.69 Å². The monoisotopic (exact) mass is 479 g/mol. The van der Waals surface area contributed by atoms with Crippen LogP contribution < -0.4 is 11.2 Å². The highest BCUT2D eigenvalue weighted by Gasteiger charge is 2.29. The molecule has 3 heterocycles. The number of piperidine rings is 1. The maximum atomic E-state index is 13.8. The molecule has 180 valence electrons. The maximum absolute atomic E-state index is 13.8. The van der Waals surface area contributed by atoms with Gasteiger partial charge in [-0.2, -0.15) is 0 Å². The molecule has 0 bridgehead atoms. The molecule has 1 aromatic carbocycles. The molecule has 5 rings (SSSR count). The maximum Gasteiger partial charge on any atom is 0.337 e. The van der Waals surface area contributed by atoms with Gasteiger partial charge in [-0.1, -0.05) is 26.0 Å². The number of rotatable bonds is 5. The van der Waals surface area contributed by atoms with Gasteiger partial charge in [0.15, 0.2) is 0 Å². The van der Waals surface area contributed by atoms with Gasteiger partial charge in [-0.25, -0.2) is 9.36 Å². The number of thiophene rings is 1. The fourth-order valence-corrected chi connectivity index (χ4v) is 6.97. The van der Waals surface area contributed by atoms with Crippen molar-refractivity contribution in [2.24, 2.45) is 0 Å². The first-order valence-electron chi connectivity index (χ1n) is 12.7. The van der Waals surface area contributed by atoms with Crippen LogP contribution in [0, 0.1) is 0 Å². The Bertz CT molecular complexity index is 1330. The summed E-state index contributed by atoms with van der Waals surface area (Å²) in [7, 11) is 0. The fourth-order valence-electron chi connectivity index (χ4n) is 5.60. The van der Waals surface area contributed by atoms with Crippen LogP contribution >= 0.6 is 11.3 Å². The Hall–Kier alpha value is -2.67. The van der Waals surface area contributed by atoms with Gasteiger partial charge in [0.25, 0.3) is 5.56 Å². The molecule has 7 heteroatoms. The van der Waals surface area contributed by atoms with E-state index in [1.54, 1.807) is 4.57 Å². The van der Waals surface area contributed by atoms with E-state index in [0.717, 1.165) is 75.5 Å². The van der Waals surface area contributed by atoms with Crippen LogP contribution in [-0.4, -0.2) is 32.5 Å². The number of likely N-dealkylation sites (tertiary alicyclic amines) is 1. The molecule has 1 atom stereocenters. The molecule has 34 heavy (non-hydrogen) atoms. The first-order chi connectivity index (χ1) is 16.5. The molecule has 1 aliphatic heterocycles. The van der Waals surface area contributed by atoms with Crippen molar-refractivity contribution in [1.82, 2.24) is 14.0 Å². The standard InChI is InChI=1S/C27H33N3O3S/c1-3-18-12-14-20(15-13-18)30-25(32)24-21-10-5-6-11-22(21)34-26(24)29(27(30)33)17-23(31)28-16-8-7-9-19(28)4-2/h12-15,19H,3-11,16-17H2,1-2H3. The number of aryl methyl sites for hydroxylation is 3. The summed E-state index contributed by atoms with van der Waals surface area (Å²) < 4.78 is 2.86. The van der Waals surface area contributed by atoms with Crippen LogP contribution in [-0.2, 0) is 30.6 Å². The molecule has 0 saturated carbocycles. The van der Waals surface area contributed by atoms with Crippen molar-refractivity contribution in [3.63, 3.8) is 0 Å². The second-order valence-corrected chi connectivity index (χ2v) is 10.6. The SMILES string of the molecule is CCc1ccc(-n2c(=O)c3c4c(sc3n(CC(=O)N3CCCCC3CC)c2=O)CCCC4)cc1. The number of benzene rings is 1. The van der Waals surface area contributed by atoms with Crippen molar-refractivity contribution in [2.75, 3.05) is 6.54 Å². The van der Waals surface area contributed by atoms with E-state index in [0.29, 0.717) is 15.9 Å². The Morgan fingerprint density at radius 1 is 1.03 bits per heavy atom. The van der Waals surface area contributed by atoms with E-state index >= 15 is 0 Å². The summed E-state index contributed by atoms with van der Waals surface area (Å²) in [6.45, 7) is 4.93. The molecule has 1 saturated heterocycles. The summed E-state index contributed by atoms with van der Waals surface area (Å²) in [5.74, 6) is -0.0205. The first kappa shape index (κ1) is 23.1. The Labute approximate surface area is 203 Å². The highest BCUT2D eigenvalue weighted by atomic mass is 32.1. The van der Waals surface area contributed by atoms with Crippen molar-refractivity contribution < 1.29 is 4.79 Å². The lowest BCUT2D eigenvalue weighted by molar-refractivity contribution is -0.135. The van der Waals surface area contributed by atoms with Gasteiger partial charge in [0.2, 0.25) is 5.91 Å². The number of carbonyl (C=O) groups excluding carboxylic acids is 1. The molecule has 0 spiro atoms. The highest BCUT2D eigenvalue weighted by Crippen LogP contribution is 2.34. The average molecular weight is 480 g/mol. The largest absolute Gasteiger partial charge is 0.338 e. The van der Waals surface area contributed by atoms with E-state index in [1.807, 2.05) is 29.2 Å². The van der Waals surface area contributed by atoms with Crippen molar-refractivity contribution in [3.05, 3.63) is 61.1 Å². The van der Waals surface area contributed by atoms with Gasteiger partial charge < -0.3 is 4.90 Å². The predicted octanol–water partition coefficient (Wildman–Crippen LogP) is 4.45. The van der Waals surface area contributed by atoms with Crippen LogP contribution in [0.1, 0.15) is 68.4 Å². The second kappa shape index (κ2) is 9.53. The Balaban J connectivity index is 1.68. The number of amides is 1. The molecule has 2 aliphatic rings. The van der Waals surface area contributed by atoms with Gasteiger partial charge in [0.05, 0.1) is 11.1 Å². The van der Waals surface area contributed by atoms with Crippen molar-refractivity contribution in [1.29, 1.82) is 0 Å². The number of fused-ring (bicyclic) bond motifs is 3. The molecule has 3 aromatic rings. The molecule has 2 aromatic heterocycles. The number of aromatic nitrogens is 2. The molecular weight excluding hydrogens is 446 g/mol. The molecular formula is C27H33N3O3S. The van der Waals surface area contributed by atoms with E-state index in [4.69, 9.17) is 0 Å². The third kappa shape index (κ3) is 3.94. The van der Waals surface area contributed by atoms with Gasteiger partial charge in [0.1, 0.15) is 11.4 Å². The molecule has 0 radical (unpaired) electrons. The highest BCUT2D eigenvalue weighted by molar-refractivity contribution is 7.18. The van der Waals surface area contributed by atoms with Crippen LogP contribution in [0.4, 0.5) is 0 Å². The quantitative estimate of drug-likeness (QED) is 0.543. The average Bonchev–Trinajstić information content (AvgIpc) is 3.26. The molecule has 1 amide bonds. The van der Waals surface area contributed by atoms with Crippen LogP contribution in [0.25, 0.3) is 15.9 Å². The number of carbonyl (C=O) groups is 1. The molecule has 1 fully saturated rings. The van der Waals surface area contributed by atoms with Crippen LogP contribution in [0.15, 0.2) is 33.9 Å². The van der Waals surface area contributed by atoms with Gasteiger partial charge >= 0.3 is 5.69 Å². The lowest BCUT2D eigenvalue weighted by Gasteiger charge is -2.35. The first-order valence-corrected chi connectivity index (χ1v) is 13.5. The zero-order chi connectivity index (χ0) is 23.8. The normalized spacial score (nSPS) is 18.3. The number of nitrogens with zero attached hydrogens (tertiary/aromatic N) is 3. The Morgan fingerprint density at radius 2 is 1.79 bits per heavy atom. The Morgan fingerprint density at radius 3 is 2.53 bits per heavy atom. The predicted molar refractivity (Wildman–Crippen MR) is 137 cm³/mol. The van der Waals surface area contributed by atoms with E-state index in [9.17, 15) is 14.4 Å². The van der Waals surface area contributed by atoms with E-state index in [2.05, 4.69) is 13.8 Å². The zero-order valence-electron chi connectivity index (χ0n) is 20.1. The molecule has 1 aliphatic carbocycles. The summed E-state index contributed by atoms with van der Waals surface area (Å²) >= 11 is 1.54. The van der Waals surface area contributed by atoms with Crippen LogP contribution in [0.2, 0.25) is 0 Å². The van der Waals surface area contributed by atoms with Crippen LogP contribution in [0.3, 0.4) is 0 Å². The summed E-state index contributed by atoms with van der Waals surface area (Å²) in [5, 5.41) is 0.636. The topological polar surface area (TPSA) is 64.3 Å². The summed E-state index contributed by atoms with van der Waals surface area (Å²) in [6, 6.07) is 7.84. The fraction of sp³-hybridized carbons (Fsp3) is 0.519. The summed E-state index contributed by atoms with van der Waals surface area (Å²) in [4.78, 5) is 44.8. The smallest absolute Gasteiger partial charge is 0.337 e.